The van der Waals surface area contributed by atoms with E-state index in [-0.39, 0.29) is 17.1 Å². The second kappa shape index (κ2) is 8.13. The molecule has 0 aliphatic heterocycles. The summed E-state index contributed by atoms with van der Waals surface area (Å²) in [6, 6.07) is 4.79. The van der Waals surface area contributed by atoms with Crippen LogP contribution >= 0.6 is 0 Å². The summed E-state index contributed by atoms with van der Waals surface area (Å²) in [7, 11) is 5.46. The molecule has 0 spiro atoms. The van der Waals surface area contributed by atoms with Crippen LogP contribution in [0.1, 0.15) is 25.8 Å². The van der Waals surface area contributed by atoms with Gasteiger partial charge in [-0.2, -0.15) is 0 Å². The molecule has 1 rings (SSSR count). The number of amides is 1. The first-order chi connectivity index (χ1) is 10.2. The van der Waals surface area contributed by atoms with E-state index < -0.39 is 5.82 Å². The van der Waals surface area contributed by atoms with Gasteiger partial charge in [-0.05, 0) is 43.6 Å². The first-order valence-electron chi connectivity index (χ1n) is 7.47. The van der Waals surface area contributed by atoms with E-state index in [1.54, 1.807) is 12.1 Å². The van der Waals surface area contributed by atoms with Crippen LogP contribution in [-0.2, 0) is 11.2 Å². The van der Waals surface area contributed by atoms with Gasteiger partial charge in [-0.15, -0.1) is 0 Å². The Bertz CT molecular complexity index is 501. The minimum atomic E-state index is -0.396. The van der Waals surface area contributed by atoms with Crippen LogP contribution in [0.2, 0.25) is 0 Å². The van der Waals surface area contributed by atoms with E-state index in [4.69, 9.17) is 4.74 Å². The van der Waals surface area contributed by atoms with Crippen LogP contribution in [-0.4, -0.2) is 45.1 Å². The molecule has 1 N–H and O–H groups in total. The Morgan fingerprint density at radius 3 is 2.59 bits per heavy atom. The minimum absolute atomic E-state index is 0.0111. The summed E-state index contributed by atoms with van der Waals surface area (Å²) in [5.41, 5.74) is 0.812. The first kappa shape index (κ1) is 18.4. The highest BCUT2D eigenvalue weighted by atomic mass is 19.1. The highest BCUT2D eigenvalue weighted by Crippen LogP contribution is 2.18. The second-order valence-electron chi connectivity index (χ2n) is 6.65. The Morgan fingerprint density at radius 2 is 2.05 bits per heavy atom. The number of ether oxygens (including phenoxy) is 1. The third-order valence-electron chi connectivity index (χ3n) is 3.37. The lowest BCUT2D eigenvalue weighted by molar-refractivity contribution is -0.121. The topological polar surface area (TPSA) is 41.6 Å². The average molecular weight is 310 g/mol. The van der Waals surface area contributed by atoms with E-state index in [2.05, 4.69) is 24.1 Å². The van der Waals surface area contributed by atoms with Gasteiger partial charge in [0.25, 0.3) is 0 Å². The molecule has 0 unspecified atom stereocenters. The lowest BCUT2D eigenvalue weighted by Gasteiger charge is -2.28. The molecule has 0 aromatic heterocycles. The largest absolute Gasteiger partial charge is 0.494 e. The zero-order valence-corrected chi connectivity index (χ0v) is 14.2. The summed E-state index contributed by atoms with van der Waals surface area (Å²) in [6.45, 7) is 5.76. The van der Waals surface area contributed by atoms with Crippen molar-refractivity contribution in [3.63, 3.8) is 0 Å². The van der Waals surface area contributed by atoms with Crippen molar-refractivity contribution in [1.29, 1.82) is 0 Å². The summed E-state index contributed by atoms with van der Waals surface area (Å²) in [6.07, 6.45) is 0.866. The quantitative estimate of drug-likeness (QED) is 0.802. The fraction of sp³-hybridized carbons (Fsp3) is 0.588. The van der Waals surface area contributed by atoms with Crippen molar-refractivity contribution in [1.82, 2.24) is 10.2 Å². The minimum Gasteiger partial charge on any atom is -0.494 e. The van der Waals surface area contributed by atoms with Crippen molar-refractivity contribution in [2.24, 2.45) is 5.41 Å². The standard InChI is InChI=1S/C17H27FN2O2/c1-17(2,12-20(3)4)11-19-16(21)9-7-13-6-8-15(22-5)14(18)10-13/h6,8,10H,7,9,11-12H2,1-5H3,(H,19,21). The molecule has 0 aliphatic rings. The Kier molecular flexibility index (Phi) is 6.81. The number of methoxy groups -OCH3 is 1. The number of hydrogen-bond acceptors (Lipinski definition) is 3. The lowest BCUT2D eigenvalue weighted by Crippen LogP contribution is -2.40. The number of nitrogens with one attached hydrogen (secondary N) is 1. The van der Waals surface area contributed by atoms with Crippen LogP contribution < -0.4 is 10.1 Å². The molecule has 22 heavy (non-hydrogen) atoms. The van der Waals surface area contributed by atoms with Crippen LogP contribution in [0, 0.1) is 11.2 Å². The summed E-state index contributed by atoms with van der Waals surface area (Å²) in [5, 5.41) is 2.95. The van der Waals surface area contributed by atoms with E-state index in [0.717, 1.165) is 12.1 Å². The van der Waals surface area contributed by atoms with Crippen molar-refractivity contribution >= 4 is 5.91 Å². The van der Waals surface area contributed by atoms with Crippen molar-refractivity contribution < 1.29 is 13.9 Å². The van der Waals surface area contributed by atoms with E-state index in [9.17, 15) is 9.18 Å². The van der Waals surface area contributed by atoms with E-state index in [0.29, 0.717) is 19.4 Å². The monoisotopic (exact) mass is 310 g/mol. The molecular formula is C17H27FN2O2. The van der Waals surface area contributed by atoms with E-state index in [1.807, 2.05) is 14.1 Å². The van der Waals surface area contributed by atoms with Crippen LogP contribution in [0.3, 0.4) is 0 Å². The predicted octanol–water partition coefficient (Wildman–Crippen LogP) is 2.47. The summed E-state index contributed by atoms with van der Waals surface area (Å²) in [5.74, 6) is -0.186. The van der Waals surface area contributed by atoms with Gasteiger partial charge in [0.2, 0.25) is 5.91 Å². The van der Waals surface area contributed by atoms with Gasteiger partial charge in [-0.3, -0.25) is 4.79 Å². The molecule has 0 bridgehead atoms. The number of rotatable bonds is 8. The highest BCUT2D eigenvalue weighted by Gasteiger charge is 2.19. The molecule has 0 fully saturated rings. The van der Waals surface area contributed by atoms with E-state index >= 15 is 0 Å². The summed E-state index contributed by atoms with van der Waals surface area (Å²) < 4.78 is 18.4. The van der Waals surface area contributed by atoms with E-state index in [1.165, 1.54) is 13.2 Å². The molecule has 1 aromatic rings. The fourth-order valence-electron chi connectivity index (χ4n) is 2.46. The molecule has 1 aromatic carbocycles. The molecule has 0 aliphatic carbocycles. The van der Waals surface area contributed by atoms with Gasteiger partial charge in [-0.25, -0.2) is 4.39 Å². The number of carbonyl (C=O) groups is 1. The Balaban J connectivity index is 2.42. The van der Waals surface area contributed by atoms with Crippen LogP contribution in [0.4, 0.5) is 4.39 Å². The lowest BCUT2D eigenvalue weighted by atomic mass is 9.93. The molecule has 1 amide bonds. The first-order valence-corrected chi connectivity index (χ1v) is 7.47. The van der Waals surface area contributed by atoms with Crippen molar-refractivity contribution in [3.05, 3.63) is 29.6 Å². The van der Waals surface area contributed by atoms with Gasteiger partial charge in [0.05, 0.1) is 7.11 Å². The highest BCUT2D eigenvalue weighted by molar-refractivity contribution is 5.76. The van der Waals surface area contributed by atoms with Crippen molar-refractivity contribution in [2.45, 2.75) is 26.7 Å². The normalized spacial score (nSPS) is 11.6. The van der Waals surface area contributed by atoms with Gasteiger partial charge in [0.1, 0.15) is 0 Å². The molecule has 0 saturated heterocycles. The zero-order valence-electron chi connectivity index (χ0n) is 14.2. The molecule has 4 nitrogen and oxygen atoms in total. The molecule has 0 atom stereocenters. The Hall–Kier alpha value is -1.62. The number of nitrogens with zero attached hydrogens (tertiary/aromatic N) is 1. The van der Waals surface area contributed by atoms with Gasteiger partial charge >= 0.3 is 0 Å². The van der Waals surface area contributed by atoms with Crippen LogP contribution in [0.25, 0.3) is 0 Å². The number of aryl methyl sites for hydroxylation is 1. The molecule has 5 heteroatoms. The number of hydrogen-bond donors (Lipinski definition) is 1. The average Bonchev–Trinajstić information content (AvgIpc) is 2.42. The molecule has 124 valence electrons. The summed E-state index contributed by atoms with van der Waals surface area (Å²) in [4.78, 5) is 14.0. The predicted molar refractivity (Wildman–Crippen MR) is 86.6 cm³/mol. The van der Waals surface area contributed by atoms with Gasteiger partial charge in [-0.1, -0.05) is 19.9 Å². The second-order valence-corrected chi connectivity index (χ2v) is 6.65. The molecule has 0 heterocycles. The van der Waals surface area contributed by atoms with Crippen molar-refractivity contribution in [3.8, 4) is 5.75 Å². The Morgan fingerprint density at radius 1 is 1.36 bits per heavy atom. The smallest absolute Gasteiger partial charge is 0.220 e. The maximum atomic E-state index is 13.6. The molecule has 0 radical (unpaired) electrons. The number of carbonyl (C=O) groups excluding carboxylic acids is 1. The SMILES string of the molecule is COc1ccc(CCC(=O)NCC(C)(C)CN(C)C)cc1F. The number of halogens is 1. The molecule has 0 saturated carbocycles. The summed E-state index contributed by atoms with van der Waals surface area (Å²) >= 11 is 0. The van der Waals surface area contributed by atoms with Crippen LogP contribution in [0.5, 0.6) is 5.75 Å². The van der Waals surface area contributed by atoms with Gasteiger partial charge in [0.15, 0.2) is 11.6 Å². The number of benzene rings is 1. The van der Waals surface area contributed by atoms with Crippen LogP contribution in [0.15, 0.2) is 18.2 Å². The zero-order chi connectivity index (χ0) is 16.8. The maximum absolute atomic E-state index is 13.6. The maximum Gasteiger partial charge on any atom is 0.220 e. The third kappa shape index (κ3) is 6.43. The van der Waals surface area contributed by atoms with Gasteiger partial charge < -0.3 is 15.0 Å². The third-order valence-corrected chi connectivity index (χ3v) is 3.37. The van der Waals surface area contributed by atoms with Crippen molar-refractivity contribution in [2.75, 3.05) is 34.3 Å². The molecular weight excluding hydrogens is 283 g/mol. The van der Waals surface area contributed by atoms with Gasteiger partial charge in [0, 0.05) is 19.5 Å². The Labute approximate surface area is 132 Å². The fourth-order valence-corrected chi connectivity index (χ4v) is 2.46.